The summed E-state index contributed by atoms with van der Waals surface area (Å²) < 4.78 is 2.34. The summed E-state index contributed by atoms with van der Waals surface area (Å²) in [5, 5.41) is 14.6. The van der Waals surface area contributed by atoms with E-state index in [1.807, 2.05) is 18.2 Å². The average molecular weight is 468 g/mol. The molecule has 1 aromatic carbocycles. The SMILES string of the molecule is CCC(CC)n1c(Cc2cccs2)nc2cc(C(=O)NC3(CC(=O)O)CCCCC3)ccc21. The van der Waals surface area contributed by atoms with Gasteiger partial charge in [-0.3, -0.25) is 9.59 Å². The number of aliphatic carboxylic acids is 1. The van der Waals surface area contributed by atoms with Gasteiger partial charge in [-0.15, -0.1) is 11.3 Å². The number of nitrogens with zero attached hydrogens (tertiary/aromatic N) is 2. The van der Waals surface area contributed by atoms with Crippen LogP contribution in [0.15, 0.2) is 35.7 Å². The van der Waals surface area contributed by atoms with E-state index in [0.717, 1.165) is 55.4 Å². The summed E-state index contributed by atoms with van der Waals surface area (Å²) in [7, 11) is 0. The molecule has 2 aromatic heterocycles. The Morgan fingerprint density at radius 2 is 1.94 bits per heavy atom. The Balaban J connectivity index is 1.67. The predicted octanol–water partition coefficient (Wildman–Crippen LogP) is 5.96. The number of hydrogen-bond acceptors (Lipinski definition) is 4. The van der Waals surface area contributed by atoms with Gasteiger partial charge >= 0.3 is 5.97 Å². The van der Waals surface area contributed by atoms with Gasteiger partial charge in [0.15, 0.2) is 0 Å². The second-order valence-corrected chi connectivity index (χ2v) is 10.2. The number of aromatic nitrogens is 2. The zero-order valence-corrected chi connectivity index (χ0v) is 20.3. The third-order valence-electron chi connectivity index (χ3n) is 6.92. The number of hydrogen-bond donors (Lipinski definition) is 2. The maximum absolute atomic E-state index is 13.2. The Hall–Kier alpha value is -2.67. The van der Waals surface area contributed by atoms with Crippen LogP contribution < -0.4 is 5.32 Å². The monoisotopic (exact) mass is 467 g/mol. The number of rotatable bonds is 9. The highest BCUT2D eigenvalue weighted by Gasteiger charge is 2.36. The van der Waals surface area contributed by atoms with Gasteiger partial charge in [0.2, 0.25) is 0 Å². The van der Waals surface area contributed by atoms with E-state index in [1.165, 1.54) is 4.88 Å². The number of nitrogens with one attached hydrogen (secondary N) is 1. The molecular formula is C26H33N3O3S. The summed E-state index contributed by atoms with van der Waals surface area (Å²) >= 11 is 1.73. The number of amides is 1. The second kappa shape index (κ2) is 10.1. The number of imidazole rings is 1. The molecule has 0 bridgehead atoms. The maximum Gasteiger partial charge on any atom is 0.305 e. The topological polar surface area (TPSA) is 84.2 Å². The minimum absolute atomic E-state index is 0.0325. The van der Waals surface area contributed by atoms with Gasteiger partial charge < -0.3 is 15.0 Å². The standard InChI is InChI=1S/C26H33N3O3S/c1-3-19(4-2)29-22-11-10-18(15-21(22)27-23(29)16-20-9-8-14-33-20)25(32)28-26(17-24(30)31)12-6-5-7-13-26/h8-11,14-15,19H,3-7,12-13,16-17H2,1-2H3,(H,28,32)(H,30,31). The zero-order valence-electron chi connectivity index (χ0n) is 19.5. The van der Waals surface area contributed by atoms with Crippen LogP contribution in [0.3, 0.4) is 0 Å². The highest BCUT2D eigenvalue weighted by Crippen LogP contribution is 2.32. The van der Waals surface area contributed by atoms with Crippen LogP contribution in [-0.2, 0) is 11.2 Å². The zero-order chi connectivity index (χ0) is 23.4. The molecule has 7 heteroatoms. The fraction of sp³-hybridized carbons (Fsp3) is 0.500. The van der Waals surface area contributed by atoms with Crippen molar-refractivity contribution in [3.8, 4) is 0 Å². The van der Waals surface area contributed by atoms with Crippen LogP contribution in [0.4, 0.5) is 0 Å². The molecule has 1 aliphatic carbocycles. The number of carboxylic acids is 1. The van der Waals surface area contributed by atoms with Crippen LogP contribution in [-0.4, -0.2) is 32.1 Å². The smallest absolute Gasteiger partial charge is 0.305 e. The summed E-state index contributed by atoms with van der Waals surface area (Å²) in [6, 6.07) is 10.3. The number of carbonyl (C=O) groups excluding carboxylic acids is 1. The normalized spacial score (nSPS) is 15.7. The molecule has 3 aromatic rings. The van der Waals surface area contributed by atoms with E-state index in [4.69, 9.17) is 4.98 Å². The Morgan fingerprint density at radius 1 is 1.18 bits per heavy atom. The maximum atomic E-state index is 13.2. The fourth-order valence-corrected chi connectivity index (χ4v) is 5.92. The number of fused-ring (bicyclic) bond motifs is 1. The van der Waals surface area contributed by atoms with E-state index in [2.05, 4.69) is 41.2 Å². The van der Waals surface area contributed by atoms with Gasteiger partial charge in [-0.05, 0) is 55.3 Å². The molecule has 0 saturated heterocycles. The van der Waals surface area contributed by atoms with Gasteiger partial charge in [0.05, 0.1) is 23.0 Å². The number of benzene rings is 1. The Labute approximate surface area is 199 Å². The third kappa shape index (κ3) is 5.13. The van der Waals surface area contributed by atoms with Crippen LogP contribution in [0.2, 0.25) is 0 Å². The second-order valence-electron chi connectivity index (χ2n) is 9.19. The molecule has 0 aliphatic heterocycles. The molecule has 1 saturated carbocycles. The van der Waals surface area contributed by atoms with Gasteiger partial charge in [-0.1, -0.05) is 39.2 Å². The summed E-state index contributed by atoms with van der Waals surface area (Å²) in [5.41, 5.74) is 1.74. The van der Waals surface area contributed by atoms with E-state index in [-0.39, 0.29) is 12.3 Å². The molecule has 1 fully saturated rings. The van der Waals surface area contributed by atoms with Gasteiger partial charge in [0.25, 0.3) is 5.91 Å². The molecule has 176 valence electrons. The Bertz CT molecular complexity index is 1110. The first-order valence-corrected chi connectivity index (χ1v) is 12.9. The van der Waals surface area contributed by atoms with Gasteiger partial charge in [0, 0.05) is 22.9 Å². The average Bonchev–Trinajstić information content (AvgIpc) is 3.42. The lowest BCUT2D eigenvalue weighted by Crippen LogP contribution is -2.51. The van der Waals surface area contributed by atoms with E-state index < -0.39 is 11.5 Å². The first kappa shape index (κ1) is 23.5. The predicted molar refractivity (Wildman–Crippen MR) is 132 cm³/mol. The summed E-state index contributed by atoms with van der Waals surface area (Å²) in [6.07, 6.45) is 7.16. The molecule has 1 amide bonds. The van der Waals surface area contributed by atoms with E-state index in [1.54, 1.807) is 11.3 Å². The van der Waals surface area contributed by atoms with E-state index in [9.17, 15) is 14.7 Å². The van der Waals surface area contributed by atoms with Crippen molar-refractivity contribution in [2.75, 3.05) is 0 Å². The van der Waals surface area contributed by atoms with Crippen LogP contribution in [0.1, 0.15) is 92.3 Å². The summed E-state index contributed by atoms with van der Waals surface area (Å²) in [5.74, 6) is -0.0555. The molecule has 6 nitrogen and oxygen atoms in total. The number of thiophene rings is 1. The van der Waals surface area contributed by atoms with Gasteiger partial charge in [-0.25, -0.2) is 4.98 Å². The van der Waals surface area contributed by atoms with Crippen molar-refractivity contribution in [2.24, 2.45) is 0 Å². The molecular weight excluding hydrogens is 434 g/mol. The first-order valence-electron chi connectivity index (χ1n) is 12.0. The highest BCUT2D eigenvalue weighted by molar-refractivity contribution is 7.09. The lowest BCUT2D eigenvalue weighted by atomic mass is 9.79. The van der Waals surface area contributed by atoms with E-state index >= 15 is 0 Å². The van der Waals surface area contributed by atoms with Crippen molar-refractivity contribution in [3.05, 3.63) is 52.0 Å². The van der Waals surface area contributed by atoms with Crippen molar-refractivity contribution in [2.45, 2.75) is 83.2 Å². The van der Waals surface area contributed by atoms with Crippen LogP contribution in [0.5, 0.6) is 0 Å². The largest absolute Gasteiger partial charge is 0.481 e. The molecule has 0 spiro atoms. The highest BCUT2D eigenvalue weighted by atomic mass is 32.1. The van der Waals surface area contributed by atoms with Crippen LogP contribution >= 0.6 is 11.3 Å². The fourth-order valence-electron chi connectivity index (χ4n) is 5.22. The lowest BCUT2D eigenvalue weighted by molar-refractivity contribution is -0.139. The van der Waals surface area contributed by atoms with Gasteiger partial charge in [-0.2, -0.15) is 0 Å². The molecule has 0 unspecified atom stereocenters. The molecule has 0 radical (unpaired) electrons. The van der Waals surface area contributed by atoms with Crippen LogP contribution in [0.25, 0.3) is 11.0 Å². The molecule has 2 N–H and O–H groups in total. The Morgan fingerprint density at radius 3 is 2.58 bits per heavy atom. The van der Waals surface area contributed by atoms with Crippen LogP contribution in [0, 0.1) is 0 Å². The summed E-state index contributed by atoms with van der Waals surface area (Å²) in [4.78, 5) is 30.9. The van der Waals surface area contributed by atoms with Crippen molar-refractivity contribution < 1.29 is 14.7 Å². The Kier molecular flexibility index (Phi) is 7.17. The van der Waals surface area contributed by atoms with Crippen molar-refractivity contribution in [1.82, 2.24) is 14.9 Å². The third-order valence-corrected chi connectivity index (χ3v) is 7.80. The van der Waals surface area contributed by atoms with Crippen molar-refractivity contribution in [1.29, 1.82) is 0 Å². The minimum atomic E-state index is -0.866. The lowest BCUT2D eigenvalue weighted by Gasteiger charge is -2.37. The quantitative estimate of drug-likeness (QED) is 0.407. The van der Waals surface area contributed by atoms with Crippen molar-refractivity contribution >= 4 is 34.2 Å². The number of carbonyl (C=O) groups is 2. The van der Waals surface area contributed by atoms with Crippen molar-refractivity contribution in [3.63, 3.8) is 0 Å². The molecule has 2 heterocycles. The van der Waals surface area contributed by atoms with E-state index in [0.29, 0.717) is 24.4 Å². The number of carboxylic acid groups (broad SMARTS) is 1. The molecule has 1 aliphatic rings. The van der Waals surface area contributed by atoms with Gasteiger partial charge in [0.1, 0.15) is 5.82 Å². The summed E-state index contributed by atoms with van der Waals surface area (Å²) in [6.45, 7) is 4.39. The molecule has 33 heavy (non-hydrogen) atoms. The molecule has 0 atom stereocenters. The molecule has 4 rings (SSSR count). The minimum Gasteiger partial charge on any atom is -0.481 e. The first-order chi connectivity index (χ1) is 15.9.